The van der Waals surface area contributed by atoms with Gasteiger partial charge in [-0.25, -0.2) is 0 Å². The lowest BCUT2D eigenvalue weighted by molar-refractivity contribution is -0.114. The Morgan fingerprint density at radius 3 is 2.89 bits per heavy atom. The van der Waals surface area contributed by atoms with Crippen LogP contribution in [0.3, 0.4) is 0 Å². The number of benzene rings is 1. The number of thiophene rings is 1. The maximum absolute atomic E-state index is 11.2. The molecule has 28 heavy (non-hydrogen) atoms. The van der Waals surface area contributed by atoms with Crippen molar-refractivity contribution in [2.24, 2.45) is 0 Å². The number of amides is 1. The van der Waals surface area contributed by atoms with Gasteiger partial charge in [-0.1, -0.05) is 29.8 Å². The Morgan fingerprint density at radius 2 is 2.11 bits per heavy atom. The van der Waals surface area contributed by atoms with Gasteiger partial charge in [-0.2, -0.15) is 5.10 Å². The summed E-state index contributed by atoms with van der Waals surface area (Å²) in [6, 6.07) is 12.8. The van der Waals surface area contributed by atoms with Crippen molar-refractivity contribution in [2.75, 3.05) is 18.4 Å². The van der Waals surface area contributed by atoms with E-state index >= 15 is 0 Å². The van der Waals surface area contributed by atoms with E-state index in [1.54, 1.807) is 18.3 Å². The van der Waals surface area contributed by atoms with E-state index in [1.807, 2.05) is 12.3 Å². The fourth-order valence-corrected chi connectivity index (χ4v) is 4.93. The predicted octanol–water partition coefficient (Wildman–Crippen LogP) is 4.78. The lowest BCUT2D eigenvalue weighted by atomic mass is 9.90. The van der Waals surface area contributed by atoms with Gasteiger partial charge in [-0.05, 0) is 44.0 Å². The molecule has 0 aliphatic carbocycles. The number of nitrogens with one attached hydrogen (secondary N) is 2. The molecule has 3 aromatic rings. The fourth-order valence-electron chi connectivity index (χ4n) is 3.93. The Hall–Kier alpha value is -2.44. The molecule has 0 radical (unpaired) electrons. The highest BCUT2D eigenvalue weighted by atomic mass is 32.1. The monoisotopic (exact) mass is 394 g/mol. The van der Waals surface area contributed by atoms with Crippen molar-refractivity contribution in [3.8, 4) is 11.1 Å². The minimum absolute atomic E-state index is 0.0192. The number of aromatic nitrogens is 2. The molecule has 2 N–H and O–H groups in total. The number of anilines is 1. The summed E-state index contributed by atoms with van der Waals surface area (Å²) >= 11 is 1.66. The van der Waals surface area contributed by atoms with Crippen LogP contribution >= 0.6 is 11.3 Å². The van der Waals surface area contributed by atoms with E-state index in [0.717, 1.165) is 24.6 Å². The molecular weight excluding hydrogens is 368 g/mol. The first kappa shape index (κ1) is 18.9. The highest BCUT2D eigenvalue weighted by Crippen LogP contribution is 2.34. The van der Waals surface area contributed by atoms with Crippen LogP contribution in [0.4, 0.5) is 5.00 Å². The summed E-state index contributed by atoms with van der Waals surface area (Å²) in [6.45, 7) is 6.71. The van der Waals surface area contributed by atoms with Crippen LogP contribution in [0.25, 0.3) is 11.1 Å². The number of carbonyl (C=O) groups is 1. The first-order valence-electron chi connectivity index (χ1n) is 9.77. The third kappa shape index (κ3) is 4.34. The lowest BCUT2D eigenvalue weighted by Gasteiger charge is -2.32. The van der Waals surface area contributed by atoms with E-state index < -0.39 is 0 Å². The third-order valence-corrected chi connectivity index (χ3v) is 6.27. The van der Waals surface area contributed by atoms with Crippen molar-refractivity contribution >= 4 is 22.2 Å². The van der Waals surface area contributed by atoms with Gasteiger partial charge < -0.3 is 5.32 Å². The molecule has 3 heterocycles. The van der Waals surface area contributed by atoms with Crippen molar-refractivity contribution in [3.05, 3.63) is 58.7 Å². The number of rotatable bonds is 5. The average molecular weight is 395 g/mol. The van der Waals surface area contributed by atoms with Gasteiger partial charge in [0.15, 0.2) is 0 Å². The van der Waals surface area contributed by atoms with Gasteiger partial charge in [0.2, 0.25) is 5.91 Å². The van der Waals surface area contributed by atoms with Gasteiger partial charge in [0, 0.05) is 42.1 Å². The summed E-state index contributed by atoms with van der Waals surface area (Å²) in [5.41, 5.74) is 4.96. The number of piperidine rings is 1. The van der Waals surface area contributed by atoms with Crippen molar-refractivity contribution in [1.82, 2.24) is 15.1 Å². The molecule has 146 valence electrons. The topological polar surface area (TPSA) is 61.0 Å². The number of hydrogen-bond acceptors (Lipinski definition) is 4. The van der Waals surface area contributed by atoms with Gasteiger partial charge >= 0.3 is 0 Å². The predicted molar refractivity (Wildman–Crippen MR) is 115 cm³/mol. The summed E-state index contributed by atoms with van der Waals surface area (Å²) in [5, 5.41) is 11.4. The molecule has 1 amide bonds. The van der Waals surface area contributed by atoms with Crippen LogP contribution in [-0.4, -0.2) is 34.1 Å². The maximum atomic E-state index is 11.2. The molecule has 1 fully saturated rings. The second-order valence-electron chi connectivity index (χ2n) is 7.58. The van der Waals surface area contributed by atoms with E-state index in [2.05, 4.69) is 57.7 Å². The fraction of sp³-hybridized carbons (Fsp3) is 0.364. The SMILES string of the molecule is CC(=O)Nc1ccc(CN2CCCC(c3[nH]ncc3-c3ccc(C)cc3)C2)s1. The number of H-pyrrole nitrogens is 1. The second-order valence-corrected chi connectivity index (χ2v) is 8.75. The first-order chi connectivity index (χ1) is 13.6. The van der Waals surface area contributed by atoms with E-state index in [1.165, 1.54) is 40.1 Å². The lowest BCUT2D eigenvalue weighted by Crippen LogP contribution is -2.34. The highest BCUT2D eigenvalue weighted by molar-refractivity contribution is 7.16. The highest BCUT2D eigenvalue weighted by Gasteiger charge is 2.25. The Labute approximate surface area is 169 Å². The summed E-state index contributed by atoms with van der Waals surface area (Å²) in [7, 11) is 0. The summed E-state index contributed by atoms with van der Waals surface area (Å²) in [4.78, 5) is 15.0. The number of likely N-dealkylation sites (tertiary alicyclic amines) is 1. The number of hydrogen-bond donors (Lipinski definition) is 2. The zero-order valence-corrected chi connectivity index (χ0v) is 17.2. The van der Waals surface area contributed by atoms with Crippen molar-refractivity contribution in [1.29, 1.82) is 0 Å². The largest absolute Gasteiger partial charge is 0.318 e. The molecule has 0 bridgehead atoms. The minimum Gasteiger partial charge on any atom is -0.318 e. The number of carbonyl (C=O) groups excluding carboxylic acids is 1. The minimum atomic E-state index is -0.0192. The quantitative estimate of drug-likeness (QED) is 0.654. The van der Waals surface area contributed by atoms with Crippen LogP contribution in [0.2, 0.25) is 0 Å². The molecule has 0 saturated carbocycles. The number of aromatic amines is 1. The van der Waals surface area contributed by atoms with E-state index in [4.69, 9.17) is 0 Å². The molecule has 0 spiro atoms. The van der Waals surface area contributed by atoms with Gasteiger partial charge in [-0.15, -0.1) is 11.3 Å². The molecule has 2 aromatic heterocycles. The Balaban J connectivity index is 1.46. The molecule has 5 nitrogen and oxygen atoms in total. The normalized spacial score (nSPS) is 17.6. The Bertz CT molecular complexity index is 944. The Morgan fingerprint density at radius 1 is 1.29 bits per heavy atom. The molecule has 1 aliphatic rings. The summed E-state index contributed by atoms with van der Waals surface area (Å²) < 4.78 is 0. The molecule has 1 aromatic carbocycles. The summed E-state index contributed by atoms with van der Waals surface area (Å²) in [6.07, 6.45) is 4.32. The van der Waals surface area contributed by atoms with E-state index in [0.29, 0.717) is 5.92 Å². The van der Waals surface area contributed by atoms with Crippen molar-refractivity contribution < 1.29 is 4.79 Å². The molecule has 1 unspecified atom stereocenters. The van der Waals surface area contributed by atoms with Crippen LogP contribution in [0.5, 0.6) is 0 Å². The van der Waals surface area contributed by atoms with Crippen molar-refractivity contribution in [3.63, 3.8) is 0 Å². The zero-order valence-electron chi connectivity index (χ0n) is 16.4. The van der Waals surface area contributed by atoms with Crippen molar-refractivity contribution in [2.45, 2.75) is 39.2 Å². The standard InChI is InChI=1S/C22H26N4OS/c1-15-5-7-17(8-6-15)20-12-23-25-22(20)18-4-3-11-26(13-18)14-19-9-10-21(28-19)24-16(2)27/h5-10,12,18H,3-4,11,13-14H2,1-2H3,(H,23,25)(H,24,27). The number of aryl methyl sites for hydroxylation is 1. The molecule has 6 heteroatoms. The van der Waals surface area contributed by atoms with Crippen LogP contribution in [-0.2, 0) is 11.3 Å². The molecule has 1 aliphatic heterocycles. The van der Waals surface area contributed by atoms with Gasteiger partial charge in [0.25, 0.3) is 0 Å². The first-order valence-corrected chi connectivity index (χ1v) is 10.6. The Kier molecular flexibility index (Phi) is 5.59. The van der Waals surface area contributed by atoms with Crippen LogP contribution in [0, 0.1) is 6.92 Å². The zero-order chi connectivity index (χ0) is 19.5. The molecule has 1 atom stereocenters. The molecular formula is C22H26N4OS. The van der Waals surface area contributed by atoms with Crippen LogP contribution in [0.1, 0.15) is 41.8 Å². The second kappa shape index (κ2) is 8.29. The van der Waals surface area contributed by atoms with E-state index in [9.17, 15) is 4.79 Å². The van der Waals surface area contributed by atoms with E-state index in [-0.39, 0.29) is 5.91 Å². The third-order valence-electron chi connectivity index (χ3n) is 5.29. The van der Waals surface area contributed by atoms with Crippen LogP contribution in [0.15, 0.2) is 42.6 Å². The molecule has 4 rings (SSSR count). The maximum Gasteiger partial charge on any atom is 0.221 e. The van der Waals surface area contributed by atoms with Crippen LogP contribution < -0.4 is 5.32 Å². The smallest absolute Gasteiger partial charge is 0.221 e. The number of nitrogens with zero attached hydrogens (tertiary/aromatic N) is 2. The van der Waals surface area contributed by atoms with Gasteiger partial charge in [-0.3, -0.25) is 14.8 Å². The molecule has 1 saturated heterocycles. The average Bonchev–Trinajstić information content (AvgIpc) is 3.32. The van der Waals surface area contributed by atoms with Gasteiger partial charge in [0.1, 0.15) is 0 Å². The van der Waals surface area contributed by atoms with Gasteiger partial charge in [0.05, 0.1) is 11.2 Å². The summed E-state index contributed by atoms with van der Waals surface area (Å²) in [5.74, 6) is 0.441.